The highest BCUT2D eigenvalue weighted by Gasteiger charge is 2.24. The number of amides is 1. The van der Waals surface area contributed by atoms with Crippen LogP contribution in [0.25, 0.3) is 16.6 Å². The number of hydrogen-bond donors (Lipinski definition) is 1. The Kier molecular flexibility index (Phi) is 12.5. The number of halogens is 2. The number of rotatable bonds is 17. The van der Waals surface area contributed by atoms with Gasteiger partial charge in [-0.3, -0.25) is 9.59 Å². The van der Waals surface area contributed by atoms with Crippen molar-refractivity contribution >= 4 is 22.5 Å². The molecule has 0 radical (unpaired) electrons. The van der Waals surface area contributed by atoms with E-state index >= 15 is 0 Å². The maximum absolute atomic E-state index is 14.1. The number of aliphatic hydroxyl groups is 1. The van der Waals surface area contributed by atoms with E-state index < -0.39 is 23.0 Å². The summed E-state index contributed by atoms with van der Waals surface area (Å²) in [5.41, 5.74) is 0.352. The molecule has 4 aromatic rings. The molecule has 0 saturated heterocycles. The third-order valence-corrected chi connectivity index (χ3v) is 8.42. The molecule has 0 saturated carbocycles. The van der Waals surface area contributed by atoms with Gasteiger partial charge in [-0.2, -0.15) is 0 Å². The standard InChI is InChI=1S/C37H46F2N3O6/c1-6-40(28-19-26(38)18-27(39)20-28)37(45)34-25-41(29-21-31(46-4)23-32(22-29)47-5)35-24-30(12-13-33(35)36(34)44)48-17-11-9-7-8-10-14-42(2,3)15-16-43/h12-13,18-25,43H,6-11,14-17H2,1-5H3/q+1. The molecule has 48 heavy (non-hydrogen) atoms. The minimum absolute atomic E-state index is 0.00236. The number of benzene rings is 3. The number of anilines is 1. The fraction of sp³-hybridized carbons (Fsp3) is 0.405. The first-order valence-electron chi connectivity index (χ1n) is 16.3. The van der Waals surface area contributed by atoms with E-state index in [1.54, 1.807) is 47.9 Å². The van der Waals surface area contributed by atoms with Crippen molar-refractivity contribution in [2.75, 3.05) is 66.1 Å². The van der Waals surface area contributed by atoms with Gasteiger partial charge in [-0.1, -0.05) is 12.8 Å². The summed E-state index contributed by atoms with van der Waals surface area (Å²) in [4.78, 5) is 28.9. The second kappa shape index (κ2) is 16.6. The molecule has 0 aliphatic rings. The zero-order valence-corrected chi connectivity index (χ0v) is 28.4. The van der Waals surface area contributed by atoms with Crippen molar-refractivity contribution in [3.8, 4) is 22.9 Å². The number of carbonyl (C=O) groups is 1. The molecule has 0 aliphatic heterocycles. The fourth-order valence-corrected chi connectivity index (χ4v) is 5.72. The van der Waals surface area contributed by atoms with Crippen molar-refractivity contribution in [3.63, 3.8) is 0 Å². The maximum atomic E-state index is 14.1. The first-order valence-corrected chi connectivity index (χ1v) is 16.3. The van der Waals surface area contributed by atoms with Crippen molar-refractivity contribution < 1.29 is 37.4 Å². The number of hydrogen-bond acceptors (Lipinski definition) is 6. The van der Waals surface area contributed by atoms with Crippen LogP contribution < -0.4 is 24.5 Å². The van der Waals surface area contributed by atoms with Crippen molar-refractivity contribution in [3.05, 3.63) is 88.2 Å². The predicted octanol–water partition coefficient (Wildman–Crippen LogP) is 6.35. The number of pyridine rings is 1. The van der Waals surface area contributed by atoms with E-state index in [0.717, 1.165) is 72.8 Å². The second-order valence-electron chi connectivity index (χ2n) is 12.4. The molecular formula is C37H46F2N3O6+. The average molecular weight is 667 g/mol. The number of unbranched alkanes of at least 4 members (excludes halogenated alkanes) is 4. The van der Waals surface area contributed by atoms with Crippen LogP contribution in [-0.2, 0) is 0 Å². The largest absolute Gasteiger partial charge is 0.497 e. The monoisotopic (exact) mass is 666 g/mol. The van der Waals surface area contributed by atoms with Gasteiger partial charge in [0.1, 0.15) is 41.0 Å². The molecule has 9 nitrogen and oxygen atoms in total. The Labute approximate surface area is 280 Å². The van der Waals surface area contributed by atoms with Crippen molar-refractivity contribution in [1.29, 1.82) is 0 Å². The van der Waals surface area contributed by atoms with Gasteiger partial charge in [0.15, 0.2) is 0 Å². The number of likely N-dealkylation sites (N-methyl/N-ethyl adjacent to an activating group) is 1. The topological polar surface area (TPSA) is 90.2 Å². The van der Waals surface area contributed by atoms with E-state index in [1.165, 1.54) is 20.4 Å². The number of nitrogens with zero attached hydrogens (tertiary/aromatic N) is 3. The van der Waals surface area contributed by atoms with Gasteiger partial charge in [0.25, 0.3) is 5.91 Å². The molecule has 1 N–H and O–H groups in total. The van der Waals surface area contributed by atoms with E-state index in [2.05, 4.69) is 14.1 Å². The highest BCUT2D eigenvalue weighted by atomic mass is 19.1. The summed E-state index contributed by atoms with van der Waals surface area (Å²) in [5, 5.41) is 9.47. The van der Waals surface area contributed by atoms with Crippen molar-refractivity contribution in [2.24, 2.45) is 0 Å². The lowest BCUT2D eigenvalue weighted by Crippen LogP contribution is -2.42. The van der Waals surface area contributed by atoms with Crippen LogP contribution in [0.5, 0.6) is 17.2 Å². The number of quaternary nitrogens is 1. The van der Waals surface area contributed by atoms with Crippen LogP contribution in [0.3, 0.4) is 0 Å². The summed E-state index contributed by atoms with van der Waals surface area (Å²) in [6.07, 6.45) is 6.63. The maximum Gasteiger partial charge on any atom is 0.263 e. The Morgan fingerprint density at radius 2 is 1.50 bits per heavy atom. The summed E-state index contributed by atoms with van der Waals surface area (Å²) in [7, 11) is 7.31. The molecule has 1 heterocycles. The van der Waals surface area contributed by atoms with Crippen molar-refractivity contribution in [2.45, 2.75) is 39.0 Å². The third-order valence-electron chi connectivity index (χ3n) is 8.42. The first kappa shape index (κ1) is 36.4. The molecule has 4 rings (SSSR count). The molecule has 0 bridgehead atoms. The Hall–Kier alpha value is -4.48. The third kappa shape index (κ3) is 9.11. The molecule has 0 unspecified atom stereocenters. The van der Waals surface area contributed by atoms with Gasteiger partial charge >= 0.3 is 0 Å². The molecule has 0 fully saturated rings. The van der Waals surface area contributed by atoms with Gasteiger partial charge in [-0.05, 0) is 50.5 Å². The van der Waals surface area contributed by atoms with Crippen LogP contribution in [-0.4, -0.2) is 81.2 Å². The summed E-state index contributed by atoms with van der Waals surface area (Å²) < 4.78 is 47.8. The zero-order chi connectivity index (χ0) is 34.8. The van der Waals surface area contributed by atoms with E-state index in [0.29, 0.717) is 35.1 Å². The first-order chi connectivity index (χ1) is 23.0. The number of aliphatic hydroxyl groups excluding tert-OH is 1. The van der Waals surface area contributed by atoms with E-state index in [-0.39, 0.29) is 29.8 Å². The molecular weight excluding hydrogens is 620 g/mol. The smallest absolute Gasteiger partial charge is 0.263 e. The fourth-order valence-electron chi connectivity index (χ4n) is 5.72. The molecule has 0 spiro atoms. The normalized spacial score (nSPS) is 11.5. The Morgan fingerprint density at radius 1 is 0.854 bits per heavy atom. The number of ether oxygens (including phenoxy) is 3. The summed E-state index contributed by atoms with van der Waals surface area (Å²) in [5.74, 6) is -0.801. The molecule has 0 aliphatic carbocycles. The average Bonchev–Trinajstić information content (AvgIpc) is 3.05. The lowest BCUT2D eigenvalue weighted by molar-refractivity contribution is -0.890. The number of fused-ring (bicyclic) bond motifs is 1. The van der Waals surface area contributed by atoms with Gasteiger partial charge in [-0.15, -0.1) is 0 Å². The van der Waals surface area contributed by atoms with Gasteiger partial charge in [0.05, 0.1) is 59.3 Å². The number of methoxy groups -OCH3 is 2. The highest BCUT2D eigenvalue weighted by Crippen LogP contribution is 2.29. The molecule has 3 aromatic carbocycles. The van der Waals surface area contributed by atoms with Crippen LogP contribution in [0, 0.1) is 11.6 Å². The molecule has 1 aromatic heterocycles. The molecule has 0 atom stereocenters. The summed E-state index contributed by atoms with van der Waals surface area (Å²) >= 11 is 0. The lowest BCUT2D eigenvalue weighted by atomic mass is 10.1. The lowest BCUT2D eigenvalue weighted by Gasteiger charge is -2.28. The number of aromatic nitrogens is 1. The minimum Gasteiger partial charge on any atom is -0.497 e. The van der Waals surface area contributed by atoms with Gasteiger partial charge < -0.3 is 33.3 Å². The van der Waals surface area contributed by atoms with Crippen LogP contribution in [0.15, 0.2) is 65.6 Å². The minimum atomic E-state index is -0.833. The molecule has 258 valence electrons. The second-order valence-corrected chi connectivity index (χ2v) is 12.4. The van der Waals surface area contributed by atoms with E-state index in [4.69, 9.17) is 14.2 Å². The van der Waals surface area contributed by atoms with Crippen molar-refractivity contribution in [1.82, 2.24) is 4.57 Å². The Bertz CT molecular complexity index is 1730. The summed E-state index contributed by atoms with van der Waals surface area (Å²) in [6.45, 7) is 4.21. The molecule has 1 amide bonds. The van der Waals surface area contributed by atoms with E-state index in [1.807, 2.05) is 0 Å². The predicted molar refractivity (Wildman–Crippen MR) is 184 cm³/mol. The SMILES string of the molecule is CCN(C(=O)c1cn(-c2cc(OC)cc(OC)c2)c2cc(OCCCCCCC[N+](C)(C)CCO)ccc2c1=O)c1cc(F)cc(F)c1. The number of carbonyl (C=O) groups excluding carboxylic acids is 1. The van der Waals surface area contributed by atoms with Crippen LogP contribution in [0.4, 0.5) is 14.5 Å². The quantitative estimate of drug-likeness (QED) is 0.104. The molecule has 11 heteroatoms. The Balaban J connectivity index is 1.63. The van der Waals surface area contributed by atoms with Crippen LogP contribution >= 0.6 is 0 Å². The van der Waals surface area contributed by atoms with Gasteiger partial charge in [-0.25, -0.2) is 8.78 Å². The van der Waals surface area contributed by atoms with Gasteiger partial charge in [0, 0.05) is 54.1 Å². The van der Waals surface area contributed by atoms with Gasteiger partial charge in [0.2, 0.25) is 5.43 Å². The van der Waals surface area contributed by atoms with E-state index in [9.17, 15) is 23.5 Å². The van der Waals surface area contributed by atoms with Crippen LogP contribution in [0.1, 0.15) is 49.4 Å². The highest BCUT2D eigenvalue weighted by molar-refractivity contribution is 6.07. The summed E-state index contributed by atoms with van der Waals surface area (Å²) in [6, 6.07) is 13.1. The van der Waals surface area contributed by atoms with Crippen LogP contribution in [0.2, 0.25) is 0 Å². The zero-order valence-electron chi connectivity index (χ0n) is 28.4. The Morgan fingerprint density at radius 3 is 2.12 bits per heavy atom.